The minimum absolute atomic E-state index is 0.127. The second kappa shape index (κ2) is 7.53. The lowest BCUT2D eigenvalue weighted by atomic mass is 10.2. The van der Waals surface area contributed by atoms with Gasteiger partial charge in [0.2, 0.25) is 15.9 Å². The minimum atomic E-state index is -3.78. The molecule has 0 unspecified atom stereocenters. The average molecular weight is 379 g/mol. The SMILES string of the molecule is NC(=O)CCCCNS(=O)(=O)c1ccc(Br)c(C(=O)O)c1. The van der Waals surface area contributed by atoms with Crippen molar-refractivity contribution in [1.82, 2.24) is 4.72 Å². The Kier molecular flexibility index (Phi) is 6.31. The molecule has 0 aliphatic carbocycles. The Morgan fingerprint density at radius 3 is 2.52 bits per heavy atom. The van der Waals surface area contributed by atoms with Crippen molar-refractivity contribution in [2.45, 2.75) is 24.2 Å². The minimum Gasteiger partial charge on any atom is -0.478 e. The number of primary amides is 1. The summed E-state index contributed by atoms with van der Waals surface area (Å²) in [5.41, 5.74) is 4.84. The van der Waals surface area contributed by atoms with Crippen LogP contribution in [0.5, 0.6) is 0 Å². The number of aromatic carboxylic acids is 1. The number of benzene rings is 1. The molecule has 0 aliphatic heterocycles. The van der Waals surface area contributed by atoms with Gasteiger partial charge in [0.15, 0.2) is 0 Å². The van der Waals surface area contributed by atoms with E-state index in [2.05, 4.69) is 20.7 Å². The van der Waals surface area contributed by atoms with E-state index in [9.17, 15) is 18.0 Å². The number of rotatable bonds is 8. The van der Waals surface area contributed by atoms with Gasteiger partial charge in [-0.15, -0.1) is 0 Å². The summed E-state index contributed by atoms with van der Waals surface area (Å²) in [6.07, 6.45) is 1.15. The molecule has 0 aliphatic rings. The van der Waals surface area contributed by atoms with E-state index in [0.29, 0.717) is 17.3 Å². The molecule has 7 nitrogen and oxygen atoms in total. The molecule has 1 aromatic carbocycles. The van der Waals surface area contributed by atoms with Crippen LogP contribution in [0.4, 0.5) is 0 Å². The Hall–Kier alpha value is -1.45. The lowest BCUT2D eigenvalue weighted by Gasteiger charge is -2.08. The number of nitrogens with two attached hydrogens (primary N) is 1. The van der Waals surface area contributed by atoms with Crippen LogP contribution in [-0.4, -0.2) is 31.9 Å². The molecule has 0 aromatic heterocycles. The molecule has 0 saturated carbocycles. The third-order valence-electron chi connectivity index (χ3n) is 2.62. The van der Waals surface area contributed by atoms with E-state index >= 15 is 0 Å². The van der Waals surface area contributed by atoms with Crippen molar-refractivity contribution in [1.29, 1.82) is 0 Å². The molecule has 0 atom stereocenters. The maximum Gasteiger partial charge on any atom is 0.336 e. The quantitative estimate of drug-likeness (QED) is 0.583. The fraction of sp³-hybridized carbons (Fsp3) is 0.333. The summed E-state index contributed by atoms with van der Waals surface area (Å²) in [5.74, 6) is -1.66. The Morgan fingerprint density at radius 1 is 1.29 bits per heavy atom. The van der Waals surface area contributed by atoms with Crippen molar-refractivity contribution >= 4 is 37.8 Å². The molecule has 1 rings (SSSR count). The molecule has 9 heteroatoms. The lowest BCUT2D eigenvalue weighted by molar-refractivity contribution is -0.118. The van der Waals surface area contributed by atoms with Crippen molar-refractivity contribution in [2.24, 2.45) is 5.73 Å². The van der Waals surface area contributed by atoms with Crippen LogP contribution in [0.15, 0.2) is 27.6 Å². The van der Waals surface area contributed by atoms with Crippen LogP contribution in [0.3, 0.4) is 0 Å². The van der Waals surface area contributed by atoms with Gasteiger partial charge in [0.25, 0.3) is 0 Å². The first-order valence-electron chi connectivity index (χ1n) is 6.05. The summed E-state index contributed by atoms with van der Waals surface area (Å²) in [5, 5.41) is 8.96. The second-order valence-electron chi connectivity index (χ2n) is 4.27. The van der Waals surface area contributed by atoms with Crippen LogP contribution in [-0.2, 0) is 14.8 Å². The van der Waals surface area contributed by atoms with Crippen molar-refractivity contribution < 1.29 is 23.1 Å². The van der Waals surface area contributed by atoms with Crippen LogP contribution >= 0.6 is 15.9 Å². The molecule has 1 aromatic rings. The number of amides is 1. The maximum absolute atomic E-state index is 12.0. The Balaban J connectivity index is 2.72. The van der Waals surface area contributed by atoms with E-state index in [1.807, 2.05) is 0 Å². The Bertz CT molecular complexity index is 645. The molecular weight excluding hydrogens is 364 g/mol. The predicted molar refractivity (Wildman–Crippen MR) is 79.3 cm³/mol. The molecule has 21 heavy (non-hydrogen) atoms. The molecule has 0 saturated heterocycles. The fourth-order valence-corrected chi connectivity index (χ4v) is 3.07. The van der Waals surface area contributed by atoms with Gasteiger partial charge in [0, 0.05) is 17.4 Å². The van der Waals surface area contributed by atoms with Crippen molar-refractivity contribution in [3.05, 3.63) is 28.2 Å². The van der Waals surface area contributed by atoms with E-state index in [1.54, 1.807) is 0 Å². The Morgan fingerprint density at radius 2 is 1.95 bits per heavy atom. The van der Waals surface area contributed by atoms with Crippen LogP contribution in [0.1, 0.15) is 29.6 Å². The second-order valence-corrected chi connectivity index (χ2v) is 6.89. The highest BCUT2D eigenvalue weighted by Gasteiger charge is 2.17. The topological polar surface area (TPSA) is 127 Å². The molecule has 116 valence electrons. The van der Waals surface area contributed by atoms with E-state index in [0.717, 1.165) is 6.07 Å². The number of hydrogen-bond acceptors (Lipinski definition) is 4. The van der Waals surface area contributed by atoms with Gasteiger partial charge in [-0.3, -0.25) is 4.79 Å². The number of carboxylic acids is 1. The number of nitrogens with one attached hydrogen (secondary N) is 1. The molecule has 0 spiro atoms. The third-order valence-corrected chi connectivity index (χ3v) is 4.77. The van der Waals surface area contributed by atoms with Gasteiger partial charge in [-0.1, -0.05) is 0 Å². The predicted octanol–water partition coefficient (Wildman–Crippen LogP) is 1.08. The van der Waals surface area contributed by atoms with Gasteiger partial charge in [0.1, 0.15) is 0 Å². The highest BCUT2D eigenvalue weighted by Crippen LogP contribution is 2.21. The zero-order chi connectivity index (χ0) is 16.0. The number of hydrogen-bond donors (Lipinski definition) is 3. The van der Waals surface area contributed by atoms with E-state index in [4.69, 9.17) is 10.8 Å². The van der Waals surface area contributed by atoms with Crippen LogP contribution < -0.4 is 10.5 Å². The highest BCUT2D eigenvalue weighted by molar-refractivity contribution is 9.10. The zero-order valence-electron chi connectivity index (χ0n) is 11.0. The van der Waals surface area contributed by atoms with Crippen molar-refractivity contribution in [2.75, 3.05) is 6.54 Å². The van der Waals surface area contributed by atoms with Gasteiger partial charge in [-0.2, -0.15) is 0 Å². The average Bonchev–Trinajstić information content (AvgIpc) is 2.37. The lowest BCUT2D eigenvalue weighted by Crippen LogP contribution is -2.25. The number of sulfonamides is 1. The summed E-state index contributed by atoms with van der Waals surface area (Å²) >= 11 is 3.04. The van der Waals surface area contributed by atoms with Gasteiger partial charge in [0.05, 0.1) is 10.5 Å². The largest absolute Gasteiger partial charge is 0.478 e. The fourth-order valence-electron chi connectivity index (χ4n) is 1.55. The smallest absolute Gasteiger partial charge is 0.336 e. The molecular formula is C12H15BrN2O5S. The van der Waals surface area contributed by atoms with E-state index in [1.165, 1.54) is 12.1 Å². The molecule has 0 fully saturated rings. The molecule has 0 bridgehead atoms. The van der Waals surface area contributed by atoms with Crippen molar-refractivity contribution in [3.63, 3.8) is 0 Å². The van der Waals surface area contributed by atoms with Gasteiger partial charge in [-0.25, -0.2) is 17.9 Å². The molecule has 1 amide bonds. The number of carboxylic acid groups (broad SMARTS) is 1. The molecule has 4 N–H and O–H groups in total. The Labute approximate surface area is 130 Å². The standard InChI is InChI=1S/C12H15BrN2O5S/c13-10-5-4-8(7-9(10)12(17)18)21(19,20)15-6-2-1-3-11(14)16/h4-5,7,15H,1-3,6H2,(H2,14,16)(H,17,18). The van der Waals surface area contributed by atoms with Gasteiger partial charge >= 0.3 is 5.97 Å². The first-order chi connectivity index (χ1) is 9.74. The highest BCUT2D eigenvalue weighted by atomic mass is 79.9. The van der Waals surface area contributed by atoms with Gasteiger partial charge in [-0.05, 0) is 47.0 Å². The summed E-state index contributed by atoms with van der Waals surface area (Å²) in [6, 6.07) is 3.76. The maximum atomic E-state index is 12.0. The summed E-state index contributed by atoms with van der Waals surface area (Å²) < 4.78 is 26.7. The third kappa shape index (κ3) is 5.44. The number of carbonyl (C=O) groups excluding carboxylic acids is 1. The van der Waals surface area contributed by atoms with E-state index < -0.39 is 21.9 Å². The van der Waals surface area contributed by atoms with E-state index in [-0.39, 0.29) is 23.4 Å². The molecule has 0 radical (unpaired) electrons. The first kappa shape index (κ1) is 17.6. The summed E-state index contributed by atoms with van der Waals surface area (Å²) in [7, 11) is -3.78. The zero-order valence-corrected chi connectivity index (χ0v) is 13.4. The summed E-state index contributed by atoms with van der Waals surface area (Å²) in [4.78, 5) is 21.4. The van der Waals surface area contributed by atoms with Crippen molar-refractivity contribution in [3.8, 4) is 0 Å². The number of unbranched alkanes of at least 4 members (excludes halogenated alkanes) is 1. The number of halogens is 1. The first-order valence-corrected chi connectivity index (χ1v) is 8.32. The van der Waals surface area contributed by atoms with Crippen LogP contribution in [0.2, 0.25) is 0 Å². The summed E-state index contributed by atoms with van der Waals surface area (Å²) in [6.45, 7) is 0.147. The van der Waals surface area contributed by atoms with Crippen LogP contribution in [0.25, 0.3) is 0 Å². The van der Waals surface area contributed by atoms with Gasteiger partial charge < -0.3 is 10.8 Å². The monoisotopic (exact) mass is 378 g/mol. The molecule has 0 heterocycles. The number of carbonyl (C=O) groups is 2. The van der Waals surface area contributed by atoms with Crippen LogP contribution in [0, 0.1) is 0 Å². The normalized spacial score (nSPS) is 11.3.